The molecule has 4 rings (SSSR count). The molecule has 0 radical (unpaired) electrons. The van der Waals surface area contributed by atoms with E-state index in [0.29, 0.717) is 22.6 Å². The maximum absolute atomic E-state index is 14.1. The lowest BCUT2D eigenvalue weighted by Crippen LogP contribution is -2.27. The molecule has 11 heteroatoms. The van der Waals surface area contributed by atoms with Gasteiger partial charge in [-0.15, -0.1) is 0 Å². The summed E-state index contributed by atoms with van der Waals surface area (Å²) >= 11 is 0. The Morgan fingerprint density at radius 2 is 1.74 bits per heavy atom. The number of methoxy groups -OCH3 is 1. The number of benzene rings is 3. The molecule has 1 aliphatic heterocycles. The van der Waals surface area contributed by atoms with Crippen molar-refractivity contribution in [2.45, 2.75) is 24.3 Å². The second-order valence-corrected chi connectivity index (χ2v) is 11.6. The van der Waals surface area contributed by atoms with Crippen LogP contribution < -0.4 is 9.46 Å². The number of hydrogen-bond donors (Lipinski definition) is 1. The van der Waals surface area contributed by atoms with E-state index in [-0.39, 0.29) is 22.8 Å². The van der Waals surface area contributed by atoms with E-state index in [2.05, 4.69) is 9.82 Å². The number of para-hydroxylation sites is 1. The fraction of sp³-hybridized carbons (Fsp3) is 0.208. The number of anilines is 1. The maximum atomic E-state index is 14.1. The van der Waals surface area contributed by atoms with Crippen LogP contribution in [0, 0.1) is 5.82 Å². The molecule has 1 aliphatic rings. The zero-order chi connectivity index (χ0) is 25.2. The Morgan fingerprint density at radius 1 is 1.03 bits per heavy atom. The zero-order valence-electron chi connectivity index (χ0n) is 19.0. The van der Waals surface area contributed by atoms with Crippen LogP contribution in [0.25, 0.3) is 0 Å². The van der Waals surface area contributed by atoms with E-state index in [0.717, 1.165) is 4.41 Å². The highest BCUT2D eigenvalue weighted by Gasteiger charge is 2.38. The molecule has 0 spiro atoms. The van der Waals surface area contributed by atoms with Crippen LogP contribution in [-0.2, 0) is 20.0 Å². The number of hydrogen-bond acceptors (Lipinski definition) is 6. The third-order valence-corrected chi connectivity index (χ3v) is 8.58. The van der Waals surface area contributed by atoms with Gasteiger partial charge in [-0.25, -0.2) is 12.8 Å². The summed E-state index contributed by atoms with van der Waals surface area (Å²) in [6.45, 7) is 1.52. The predicted octanol–water partition coefficient (Wildman–Crippen LogP) is 4.14. The SMILES string of the molecule is CCS(=O)(=O)Nc1ccccc1C1=NN(S(=O)(=O)c2ccc(OC)cc2)[C@@H](c2cccc(F)c2)C1. The summed E-state index contributed by atoms with van der Waals surface area (Å²) in [5.74, 6) is -0.139. The molecule has 0 aliphatic carbocycles. The van der Waals surface area contributed by atoms with Crippen LogP contribution in [0.15, 0.2) is 82.8 Å². The van der Waals surface area contributed by atoms with Gasteiger partial charge in [0.2, 0.25) is 10.0 Å². The molecule has 1 atom stereocenters. The van der Waals surface area contributed by atoms with Crippen LogP contribution in [0.2, 0.25) is 0 Å². The van der Waals surface area contributed by atoms with E-state index < -0.39 is 31.9 Å². The fourth-order valence-electron chi connectivity index (χ4n) is 3.75. The molecule has 35 heavy (non-hydrogen) atoms. The van der Waals surface area contributed by atoms with Gasteiger partial charge in [0.25, 0.3) is 10.0 Å². The molecule has 0 fully saturated rings. The summed E-state index contributed by atoms with van der Waals surface area (Å²) in [6, 6.07) is 17.4. The highest BCUT2D eigenvalue weighted by molar-refractivity contribution is 7.92. The van der Waals surface area contributed by atoms with Crippen molar-refractivity contribution in [3.8, 4) is 5.75 Å². The molecule has 0 saturated heterocycles. The van der Waals surface area contributed by atoms with Crippen molar-refractivity contribution in [3.63, 3.8) is 0 Å². The zero-order valence-corrected chi connectivity index (χ0v) is 20.7. The smallest absolute Gasteiger partial charge is 0.279 e. The molecule has 0 aromatic heterocycles. The van der Waals surface area contributed by atoms with Gasteiger partial charge in [-0.05, 0) is 55.0 Å². The van der Waals surface area contributed by atoms with Crippen LogP contribution in [-0.4, -0.2) is 39.8 Å². The Bertz CT molecular complexity index is 1470. The van der Waals surface area contributed by atoms with Crippen LogP contribution in [0.4, 0.5) is 10.1 Å². The first-order valence-electron chi connectivity index (χ1n) is 10.8. The summed E-state index contributed by atoms with van der Waals surface area (Å²) in [7, 11) is -6.25. The molecule has 1 heterocycles. The van der Waals surface area contributed by atoms with Gasteiger partial charge in [-0.2, -0.15) is 17.9 Å². The minimum Gasteiger partial charge on any atom is -0.497 e. The molecule has 0 saturated carbocycles. The van der Waals surface area contributed by atoms with Gasteiger partial charge in [0.15, 0.2) is 0 Å². The molecule has 3 aromatic carbocycles. The molecular formula is C24H24FN3O5S2. The first-order valence-corrected chi connectivity index (χ1v) is 13.8. The molecule has 0 amide bonds. The topological polar surface area (TPSA) is 105 Å². The summed E-state index contributed by atoms with van der Waals surface area (Å²) < 4.78 is 74.3. The van der Waals surface area contributed by atoms with Crippen LogP contribution in [0.3, 0.4) is 0 Å². The number of rotatable bonds is 8. The van der Waals surface area contributed by atoms with Crippen molar-refractivity contribution in [2.75, 3.05) is 17.6 Å². The second kappa shape index (κ2) is 9.67. The summed E-state index contributed by atoms with van der Waals surface area (Å²) in [5, 5.41) is 4.43. The van der Waals surface area contributed by atoms with Gasteiger partial charge in [-0.3, -0.25) is 4.72 Å². The van der Waals surface area contributed by atoms with Crippen molar-refractivity contribution in [3.05, 3.63) is 89.7 Å². The van der Waals surface area contributed by atoms with Gasteiger partial charge >= 0.3 is 0 Å². The predicted molar refractivity (Wildman–Crippen MR) is 132 cm³/mol. The Labute approximate surface area is 204 Å². The van der Waals surface area contributed by atoms with Crippen molar-refractivity contribution in [1.29, 1.82) is 0 Å². The van der Waals surface area contributed by atoms with Gasteiger partial charge < -0.3 is 4.74 Å². The van der Waals surface area contributed by atoms with Crippen molar-refractivity contribution >= 4 is 31.4 Å². The van der Waals surface area contributed by atoms with E-state index in [4.69, 9.17) is 4.74 Å². The lowest BCUT2D eigenvalue weighted by molar-refractivity contribution is 0.370. The van der Waals surface area contributed by atoms with E-state index >= 15 is 0 Å². The molecule has 184 valence electrons. The third-order valence-electron chi connectivity index (χ3n) is 5.59. The number of sulfonamides is 2. The minimum atomic E-state index is -4.14. The number of halogens is 1. The van der Waals surface area contributed by atoms with E-state index in [9.17, 15) is 21.2 Å². The molecule has 0 unspecified atom stereocenters. The average molecular weight is 518 g/mol. The Kier molecular flexibility index (Phi) is 6.82. The van der Waals surface area contributed by atoms with Crippen molar-refractivity contribution in [1.82, 2.24) is 4.41 Å². The molecule has 1 N–H and O–H groups in total. The molecule has 3 aromatic rings. The molecule has 8 nitrogen and oxygen atoms in total. The number of nitrogens with zero attached hydrogens (tertiary/aromatic N) is 2. The average Bonchev–Trinajstić information content (AvgIpc) is 3.30. The normalized spacial score (nSPS) is 16.1. The third kappa shape index (κ3) is 5.15. The summed E-state index contributed by atoms with van der Waals surface area (Å²) in [4.78, 5) is -0.00956. The van der Waals surface area contributed by atoms with Gasteiger partial charge in [0.1, 0.15) is 11.6 Å². The van der Waals surface area contributed by atoms with Gasteiger partial charge in [0, 0.05) is 12.0 Å². The quantitative estimate of drug-likeness (QED) is 0.484. The summed E-state index contributed by atoms with van der Waals surface area (Å²) in [6.07, 6.45) is 0.115. The largest absolute Gasteiger partial charge is 0.497 e. The molecule has 0 bridgehead atoms. The van der Waals surface area contributed by atoms with Gasteiger partial charge in [-0.1, -0.05) is 30.3 Å². The highest BCUT2D eigenvalue weighted by Crippen LogP contribution is 2.38. The van der Waals surface area contributed by atoms with Crippen molar-refractivity contribution < 1.29 is 26.0 Å². The van der Waals surface area contributed by atoms with Crippen LogP contribution in [0.5, 0.6) is 5.75 Å². The Balaban J connectivity index is 1.82. The number of ether oxygens (including phenoxy) is 1. The van der Waals surface area contributed by atoms with E-state index in [1.54, 1.807) is 30.3 Å². The highest BCUT2D eigenvalue weighted by atomic mass is 32.2. The summed E-state index contributed by atoms with van der Waals surface area (Å²) in [5.41, 5.74) is 1.51. The Hall–Kier alpha value is -3.44. The lowest BCUT2D eigenvalue weighted by atomic mass is 9.98. The van der Waals surface area contributed by atoms with E-state index in [1.807, 2.05) is 0 Å². The maximum Gasteiger partial charge on any atom is 0.279 e. The fourth-order valence-corrected chi connectivity index (χ4v) is 5.84. The number of nitrogens with one attached hydrogen (secondary N) is 1. The minimum absolute atomic E-state index is 0.00956. The first-order chi connectivity index (χ1) is 16.6. The van der Waals surface area contributed by atoms with Crippen LogP contribution >= 0.6 is 0 Å². The lowest BCUT2D eigenvalue weighted by Gasteiger charge is -2.23. The van der Waals surface area contributed by atoms with Gasteiger partial charge in [0.05, 0.1) is 35.2 Å². The Morgan fingerprint density at radius 3 is 2.40 bits per heavy atom. The molecular weight excluding hydrogens is 493 g/mol. The number of hydrazone groups is 1. The van der Waals surface area contributed by atoms with Crippen molar-refractivity contribution in [2.24, 2.45) is 5.10 Å². The first kappa shape index (κ1) is 24.7. The van der Waals surface area contributed by atoms with E-state index in [1.165, 1.54) is 56.5 Å². The van der Waals surface area contributed by atoms with Crippen LogP contribution in [0.1, 0.15) is 30.5 Å². The standard InChI is InChI=1S/C24H24FN3O5S2/c1-3-34(29,30)27-22-10-5-4-9-21(22)23-16-24(17-7-6-8-18(25)15-17)28(26-23)35(31,32)20-13-11-19(33-2)12-14-20/h4-15,24,27H,3,16H2,1-2H3/t24-/m1/s1. The monoisotopic (exact) mass is 517 g/mol. The second-order valence-electron chi connectivity index (χ2n) is 7.83.